The zero-order valence-corrected chi connectivity index (χ0v) is 13.4. The van der Waals surface area contributed by atoms with Crippen LogP contribution in [0.4, 0.5) is 0 Å². The van der Waals surface area contributed by atoms with Gasteiger partial charge in [-0.25, -0.2) is 4.72 Å². The summed E-state index contributed by atoms with van der Waals surface area (Å²) in [6.07, 6.45) is 3.08. The Hall–Kier alpha value is -0.210. The second-order valence-electron chi connectivity index (χ2n) is 6.10. The van der Waals surface area contributed by atoms with Gasteiger partial charge in [-0.1, -0.05) is 13.8 Å². The molecule has 0 aromatic carbocycles. The Kier molecular flexibility index (Phi) is 5.07. The molecule has 20 heavy (non-hydrogen) atoms. The highest BCUT2D eigenvalue weighted by atomic mass is 32.2. The fourth-order valence-corrected chi connectivity index (χ4v) is 4.11. The largest absolute Gasteiger partial charge is 0.348 e. The number of rotatable bonds is 5. The molecular formula is C13H26N2O4S. The highest BCUT2D eigenvalue weighted by Gasteiger charge is 2.42. The Morgan fingerprint density at radius 3 is 2.30 bits per heavy atom. The van der Waals surface area contributed by atoms with Crippen molar-refractivity contribution in [1.29, 1.82) is 0 Å². The van der Waals surface area contributed by atoms with Crippen LogP contribution >= 0.6 is 0 Å². The lowest BCUT2D eigenvalue weighted by Gasteiger charge is -2.38. The fourth-order valence-electron chi connectivity index (χ4n) is 2.76. The van der Waals surface area contributed by atoms with E-state index in [4.69, 9.17) is 9.47 Å². The van der Waals surface area contributed by atoms with Crippen LogP contribution in [0, 0.1) is 5.92 Å². The molecule has 1 saturated carbocycles. The predicted molar refractivity (Wildman–Crippen MR) is 76.4 cm³/mol. The molecule has 0 unspecified atom stereocenters. The summed E-state index contributed by atoms with van der Waals surface area (Å²) in [7, 11) is -1.73. The van der Waals surface area contributed by atoms with Crippen molar-refractivity contribution in [1.82, 2.24) is 9.03 Å². The highest BCUT2D eigenvalue weighted by molar-refractivity contribution is 7.87. The average Bonchev–Trinajstić information content (AvgIpc) is 2.85. The Labute approximate surface area is 122 Å². The summed E-state index contributed by atoms with van der Waals surface area (Å²) in [5.41, 5.74) is 0. The van der Waals surface area contributed by atoms with Crippen LogP contribution in [-0.4, -0.2) is 51.4 Å². The molecule has 0 amide bonds. The van der Waals surface area contributed by atoms with Crippen molar-refractivity contribution >= 4 is 10.2 Å². The lowest BCUT2D eigenvalue weighted by atomic mass is 9.90. The van der Waals surface area contributed by atoms with E-state index in [2.05, 4.69) is 4.72 Å². The molecule has 1 aliphatic heterocycles. The van der Waals surface area contributed by atoms with E-state index in [1.807, 2.05) is 13.8 Å². The first kappa shape index (κ1) is 16.2. The second-order valence-corrected chi connectivity index (χ2v) is 7.92. The van der Waals surface area contributed by atoms with E-state index < -0.39 is 16.0 Å². The quantitative estimate of drug-likeness (QED) is 0.826. The highest BCUT2D eigenvalue weighted by Crippen LogP contribution is 2.37. The monoisotopic (exact) mass is 306 g/mol. The first-order valence-corrected chi connectivity index (χ1v) is 8.79. The standard InChI is InChI=1S/C13H26N2O4S/c1-11(2)10-14-20(16,17)15(3)12-4-6-13(7-5-12)18-8-9-19-13/h11-12,14H,4-10H2,1-3H3. The second kappa shape index (κ2) is 6.27. The minimum absolute atomic E-state index is 0.0260. The van der Waals surface area contributed by atoms with Crippen LogP contribution in [0.25, 0.3) is 0 Å². The SMILES string of the molecule is CC(C)CNS(=O)(=O)N(C)C1CCC2(CC1)OCCO2. The Bertz CT molecular complexity index is 408. The van der Waals surface area contributed by atoms with Crippen LogP contribution in [0.2, 0.25) is 0 Å². The maximum atomic E-state index is 12.2. The maximum absolute atomic E-state index is 12.2. The zero-order chi connectivity index (χ0) is 14.8. The van der Waals surface area contributed by atoms with Gasteiger partial charge in [0, 0.05) is 32.5 Å². The molecular weight excluding hydrogens is 280 g/mol. The summed E-state index contributed by atoms with van der Waals surface area (Å²) in [6, 6.07) is 0.0260. The number of nitrogens with one attached hydrogen (secondary N) is 1. The molecule has 2 fully saturated rings. The third-order valence-corrected chi connectivity index (χ3v) is 5.69. The van der Waals surface area contributed by atoms with E-state index in [-0.39, 0.29) is 6.04 Å². The maximum Gasteiger partial charge on any atom is 0.279 e. The molecule has 0 radical (unpaired) electrons. The zero-order valence-electron chi connectivity index (χ0n) is 12.6. The molecule has 2 rings (SSSR count). The molecule has 2 aliphatic rings. The third kappa shape index (κ3) is 3.71. The third-order valence-electron chi connectivity index (χ3n) is 4.10. The Morgan fingerprint density at radius 2 is 1.80 bits per heavy atom. The number of nitrogens with zero attached hydrogens (tertiary/aromatic N) is 1. The van der Waals surface area contributed by atoms with Gasteiger partial charge in [0.15, 0.2) is 5.79 Å². The first-order chi connectivity index (χ1) is 9.35. The van der Waals surface area contributed by atoms with Crippen molar-refractivity contribution in [2.45, 2.75) is 51.4 Å². The Morgan fingerprint density at radius 1 is 1.25 bits per heavy atom. The van der Waals surface area contributed by atoms with E-state index in [9.17, 15) is 8.42 Å². The summed E-state index contributed by atoms with van der Waals surface area (Å²) < 4.78 is 39.9. The van der Waals surface area contributed by atoms with Gasteiger partial charge in [-0.2, -0.15) is 12.7 Å². The lowest BCUT2D eigenvalue weighted by molar-refractivity contribution is -0.181. The Balaban J connectivity index is 1.89. The van der Waals surface area contributed by atoms with Gasteiger partial charge >= 0.3 is 0 Å². The van der Waals surface area contributed by atoms with Crippen molar-refractivity contribution in [2.24, 2.45) is 5.92 Å². The van der Waals surface area contributed by atoms with Gasteiger partial charge in [-0.15, -0.1) is 0 Å². The van der Waals surface area contributed by atoms with Gasteiger partial charge in [-0.05, 0) is 18.8 Å². The molecule has 1 N–H and O–H groups in total. The smallest absolute Gasteiger partial charge is 0.279 e. The van der Waals surface area contributed by atoms with Gasteiger partial charge in [0.1, 0.15) is 0 Å². The van der Waals surface area contributed by atoms with Gasteiger partial charge in [-0.3, -0.25) is 0 Å². The minimum Gasteiger partial charge on any atom is -0.348 e. The lowest BCUT2D eigenvalue weighted by Crippen LogP contribution is -2.48. The molecule has 118 valence electrons. The van der Waals surface area contributed by atoms with Crippen LogP contribution in [-0.2, 0) is 19.7 Å². The van der Waals surface area contributed by atoms with Crippen LogP contribution in [0.5, 0.6) is 0 Å². The normalized spacial score (nSPS) is 24.1. The molecule has 1 aliphatic carbocycles. The summed E-state index contributed by atoms with van der Waals surface area (Å²) >= 11 is 0. The summed E-state index contributed by atoms with van der Waals surface area (Å²) in [4.78, 5) is 0. The molecule has 1 saturated heterocycles. The van der Waals surface area contributed by atoms with Crippen LogP contribution < -0.4 is 4.72 Å². The van der Waals surface area contributed by atoms with Crippen LogP contribution in [0.15, 0.2) is 0 Å². The van der Waals surface area contributed by atoms with Crippen molar-refractivity contribution in [3.05, 3.63) is 0 Å². The minimum atomic E-state index is -3.39. The summed E-state index contributed by atoms with van der Waals surface area (Å²) in [5, 5.41) is 0. The fraction of sp³-hybridized carbons (Fsp3) is 1.00. The van der Waals surface area contributed by atoms with Gasteiger partial charge in [0.05, 0.1) is 13.2 Å². The molecule has 0 aromatic heterocycles. The molecule has 0 aromatic rings. The number of hydrogen-bond donors (Lipinski definition) is 1. The van der Waals surface area contributed by atoms with E-state index in [1.165, 1.54) is 4.31 Å². The van der Waals surface area contributed by atoms with E-state index in [0.29, 0.717) is 25.7 Å². The molecule has 1 spiro atoms. The first-order valence-electron chi connectivity index (χ1n) is 7.35. The van der Waals surface area contributed by atoms with Crippen LogP contribution in [0.1, 0.15) is 39.5 Å². The topological polar surface area (TPSA) is 67.9 Å². The van der Waals surface area contributed by atoms with Crippen LogP contribution in [0.3, 0.4) is 0 Å². The molecule has 6 nitrogen and oxygen atoms in total. The van der Waals surface area contributed by atoms with E-state index in [1.54, 1.807) is 7.05 Å². The van der Waals surface area contributed by atoms with E-state index in [0.717, 1.165) is 25.7 Å². The number of ether oxygens (including phenoxy) is 2. The van der Waals surface area contributed by atoms with Crippen molar-refractivity contribution in [3.8, 4) is 0 Å². The van der Waals surface area contributed by atoms with Crippen molar-refractivity contribution < 1.29 is 17.9 Å². The predicted octanol–water partition coefficient (Wildman–Crippen LogP) is 1.09. The average molecular weight is 306 g/mol. The summed E-state index contributed by atoms with van der Waals surface area (Å²) in [5.74, 6) is -0.139. The molecule has 0 atom stereocenters. The van der Waals surface area contributed by atoms with Gasteiger partial charge in [0.25, 0.3) is 10.2 Å². The van der Waals surface area contributed by atoms with Crippen molar-refractivity contribution in [3.63, 3.8) is 0 Å². The van der Waals surface area contributed by atoms with E-state index >= 15 is 0 Å². The van der Waals surface area contributed by atoms with Gasteiger partial charge in [0.2, 0.25) is 0 Å². The molecule has 0 bridgehead atoms. The molecule has 7 heteroatoms. The van der Waals surface area contributed by atoms with Crippen molar-refractivity contribution in [2.75, 3.05) is 26.8 Å². The van der Waals surface area contributed by atoms with Gasteiger partial charge < -0.3 is 9.47 Å². The summed E-state index contributed by atoms with van der Waals surface area (Å²) in [6.45, 7) is 5.74. The molecule has 1 heterocycles. The number of hydrogen-bond acceptors (Lipinski definition) is 4.